The smallest absolute Gasteiger partial charge is 0.254 e. The first-order chi connectivity index (χ1) is 13.6. The molecule has 2 heterocycles. The molecule has 0 saturated carbocycles. The zero-order valence-corrected chi connectivity index (χ0v) is 16.2. The van der Waals surface area contributed by atoms with Crippen molar-refractivity contribution in [2.45, 2.75) is 33.0 Å². The first-order valence-electron chi connectivity index (χ1n) is 9.50. The van der Waals surface area contributed by atoms with Gasteiger partial charge in [-0.15, -0.1) is 0 Å². The van der Waals surface area contributed by atoms with Crippen LogP contribution in [0.4, 0.5) is 0 Å². The average molecular weight is 376 g/mol. The number of carbonyl (C=O) groups excluding carboxylic acids is 1. The number of fused-ring (bicyclic) bond motifs is 1. The van der Waals surface area contributed by atoms with E-state index in [2.05, 4.69) is 29.0 Å². The minimum Gasteiger partial charge on any atom is -0.454 e. The molecule has 2 aromatic carbocycles. The van der Waals surface area contributed by atoms with E-state index in [1.807, 2.05) is 43.0 Å². The van der Waals surface area contributed by atoms with Crippen LogP contribution in [0.3, 0.4) is 0 Å². The first-order valence-corrected chi connectivity index (χ1v) is 9.50. The van der Waals surface area contributed by atoms with E-state index in [0.717, 1.165) is 12.2 Å². The van der Waals surface area contributed by atoms with Gasteiger partial charge in [0, 0.05) is 30.0 Å². The number of carbonyl (C=O) groups is 1. The molecule has 3 aromatic rings. The fourth-order valence-electron chi connectivity index (χ4n) is 3.39. The van der Waals surface area contributed by atoms with Gasteiger partial charge in [0.1, 0.15) is 0 Å². The van der Waals surface area contributed by atoms with Crippen LogP contribution in [-0.4, -0.2) is 28.2 Å². The topological polar surface area (TPSA) is 43.7 Å². The molecule has 5 nitrogen and oxygen atoms in total. The molecule has 1 aliphatic rings. The molecule has 0 bridgehead atoms. The van der Waals surface area contributed by atoms with Gasteiger partial charge in [0.15, 0.2) is 11.5 Å². The monoisotopic (exact) mass is 376 g/mol. The number of hydrogen-bond acceptors (Lipinski definition) is 3. The molecule has 4 rings (SSSR count). The molecule has 0 saturated heterocycles. The van der Waals surface area contributed by atoms with Crippen LogP contribution in [0.15, 0.2) is 66.9 Å². The summed E-state index contributed by atoms with van der Waals surface area (Å²) in [6.45, 7) is 5.61. The van der Waals surface area contributed by atoms with Gasteiger partial charge in [-0.3, -0.25) is 4.79 Å². The largest absolute Gasteiger partial charge is 0.454 e. The molecule has 0 radical (unpaired) electrons. The molecule has 0 unspecified atom stereocenters. The Morgan fingerprint density at radius 1 is 1.04 bits per heavy atom. The lowest BCUT2D eigenvalue weighted by molar-refractivity contribution is 0.0685. The second-order valence-corrected chi connectivity index (χ2v) is 7.21. The minimum atomic E-state index is -0.0132. The summed E-state index contributed by atoms with van der Waals surface area (Å²) in [7, 11) is 0. The number of ether oxygens (including phenoxy) is 2. The molecule has 1 aliphatic heterocycles. The quantitative estimate of drug-likeness (QED) is 0.644. The standard InChI is InChI=1S/C23H24N2O3/c1-17(2)25(23(26)19-10-11-21-22(13-19)28-16-27-21)15-20-9-6-12-24(20)14-18-7-4-3-5-8-18/h3-13,17H,14-16H2,1-2H3. The van der Waals surface area contributed by atoms with Gasteiger partial charge in [0.05, 0.1) is 6.54 Å². The molecule has 0 spiro atoms. The van der Waals surface area contributed by atoms with Crippen LogP contribution in [0.5, 0.6) is 11.5 Å². The van der Waals surface area contributed by atoms with E-state index < -0.39 is 0 Å². The van der Waals surface area contributed by atoms with Crippen molar-refractivity contribution >= 4 is 5.91 Å². The summed E-state index contributed by atoms with van der Waals surface area (Å²) in [4.78, 5) is 15.1. The second kappa shape index (κ2) is 7.80. The maximum Gasteiger partial charge on any atom is 0.254 e. The number of benzene rings is 2. The number of hydrogen-bond donors (Lipinski definition) is 0. The van der Waals surface area contributed by atoms with Gasteiger partial charge in [-0.2, -0.15) is 0 Å². The maximum atomic E-state index is 13.2. The van der Waals surface area contributed by atoms with Crippen molar-refractivity contribution in [3.63, 3.8) is 0 Å². The Hall–Kier alpha value is -3.21. The van der Waals surface area contributed by atoms with Crippen molar-refractivity contribution in [2.24, 2.45) is 0 Å². The van der Waals surface area contributed by atoms with E-state index in [0.29, 0.717) is 23.6 Å². The van der Waals surface area contributed by atoms with Crippen LogP contribution >= 0.6 is 0 Å². The Kier molecular flexibility index (Phi) is 5.06. The third kappa shape index (κ3) is 3.74. The van der Waals surface area contributed by atoms with Crippen molar-refractivity contribution in [3.05, 3.63) is 83.7 Å². The molecule has 0 fully saturated rings. The number of rotatable bonds is 6. The van der Waals surface area contributed by atoms with Crippen LogP contribution in [0.2, 0.25) is 0 Å². The summed E-state index contributed by atoms with van der Waals surface area (Å²) >= 11 is 0. The highest BCUT2D eigenvalue weighted by molar-refractivity contribution is 5.95. The molecule has 5 heteroatoms. The molecule has 0 N–H and O–H groups in total. The van der Waals surface area contributed by atoms with Crippen LogP contribution in [0.25, 0.3) is 0 Å². The fraction of sp³-hybridized carbons (Fsp3) is 0.261. The summed E-state index contributed by atoms with van der Waals surface area (Å²) in [5.74, 6) is 1.30. The lowest BCUT2D eigenvalue weighted by Gasteiger charge is -2.27. The SMILES string of the molecule is CC(C)N(Cc1cccn1Cc1ccccc1)C(=O)c1ccc2c(c1)OCO2. The van der Waals surface area contributed by atoms with Crippen molar-refractivity contribution in [2.75, 3.05) is 6.79 Å². The predicted octanol–water partition coefficient (Wildman–Crippen LogP) is 4.32. The van der Waals surface area contributed by atoms with Crippen molar-refractivity contribution in [1.29, 1.82) is 0 Å². The number of amides is 1. The van der Waals surface area contributed by atoms with E-state index in [9.17, 15) is 4.79 Å². The van der Waals surface area contributed by atoms with Crippen molar-refractivity contribution < 1.29 is 14.3 Å². The molecular formula is C23H24N2O3. The first kappa shape index (κ1) is 18.2. The van der Waals surface area contributed by atoms with Gasteiger partial charge in [-0.25, -0.2) is 0 Å². The van der Waals surface area contributed by atoms with Gasteiger partial charge in [-0.1, -0.05) is 30.3 Å². The van der Waals surface area contributed by atoms with E-state index in [1.165, 1.54) is 5.56 Å². The molecule has 28 heavy (non-hydrogen) atoms. The number of aromatic nitrogens is 1. The maximum absolute atomic E-state index is 13.2. The second-order valence-electron chi connectivity index (χ2n) is 7.21. The third-order valence-corrected chi connectivity index (χ3v) is 4.96. The summed E-state index contributed by atoms with van der Waals surface area (Å²) < 4.78 is 13.0. The Bertz CT molecular complexity index is 963. The normalized spacial score (nSPS) is 12.4. The Balaban J connectivity index is 1.55. The van der Waals surface area contributed by atoms with Gasteiger partial charge >= 0.3 is 0 Å². The molecule has 0 atom stereocenters. The highest BCUT2D eigenvalue weighted by Gasteiger charge is 2.23. The van der Waals surface area contributed by atoms with Crippen molar-refractivity contribution in [1.82, 2.24) is 9.47 Å². The van der Waals surface area contributed by atoms with Crippen molar-refractivity contribution in [3.8, 4) is 11.5 Å². The minimum absolute atomic E-state index is 0.0132. The van der Waals surface area contributed by atoms with E-state index >= 15 is 0 Å². The lowest BCUT2D eigenvalue weighted by Crippen LogP contribution is -2.37. The lowest BCUT2D eigenvalue weighted by atomic mass is 10.1. The molecule has 144 valence electrons. The zero-order chi connectivity index (χ0) is 19.5. The highest BCUT2D eigenvalue weighted by atomic mass is 16.7. The molecule has 0 aliphatic carbocycles. The Labute approximate surface area is 165 Å². The zero-order valence-electron chi connectivity index (χ0n) is 16.2. The van der Waals surface area contributed by atoms with Crippen LogP contribution in [0.1, 0.15) is 35.5 Å². The number of nitrogens with zero attached hydrogens (tertiary/aromatic N) is 2. The Morgan fingerprint density at radius 2 is 1.82 bits per heavy atom. The Morgan fingerprint density at radius 3 is 2.61 bits per heavy atom. The van der Waals surface area contributed by atoms with Crippen LogP contribution in [0, 0.1) is 0 Å². The molecule has 1 aromatic heterocycles. The predicted molar refractivity (Wildman–Crippen MR) is 108 cm³/mol. The van der Waals surface area contributed by atoms with Gasteiger partial charge < -0.3 is 18.9 Å². The average Bonchev–Trinajstić information content (AvgIpc) is 3.34. The molecule has 1 amide bonds. The van der Waals surface area contributed by atoms with Gasteiger partial charge in [0.25, 0.3) is 5.91 Å². The highest BCUT2D eigenvalue weighted by Crippen LogP contribution is 2.33. The summed E-state index contributed by atoms with van der Waals surface area (Å²) in [6, 6.07) is 19.9. The summed E-state index contributed by atoms with van der Waals surface area (Å²) in [5, 5.41) is 0. The van der Waals surface area contributed by atoms with Crippen LogP contribution in [-0.2, 0) is 13.1 Å². The molecular weight excluding hydrogens is 352 g/mol. The fourth-order valence-corrected chi connectivity index (χ4v) is 3.39. The summed E-state index contributed by atoms with van der Waals surface area (Å²) in [5.41, 5.74) is 2.95. The van der Waals surface area contributed by atoms with E-state index in [1.54, 1.807) is 18.2 Å². The van der Waals surface area contributed by atoms with Crippen LogP contribution < -0.4 is 9.47 Å². The van der Waals surface area contributed by atoms with E-state index in [-0.39, 0.29) is 18.7 Å². The van der Waals surface area contributed by atoms with E-state index in [4.69, 9.17) is 9.47 Å². The third-order valence-electron chi connectivity index (χ3n) is 4.96. The summed E-state index contributed by atoms with van der Waals surface area (Å²) in [6.07, 6.45) is 2.06. The van der Waals surface area contributed by atoms with Gasteiger partial charge in [0.2, 0.25) is 6.79 Å². The van der Waals surface area contributed by atoms with Gasteiger partial charge in [-0.05, 0) is 49.7 Å².